The number of benzene rings is 1. The van der Waals surface area contributed by atoms with Crippen molar-refractivity contribution in [3.63, 3.8) is 0 Å². The molecule has 0 radical (unpaired) electrons. The van der Waals surface area contributed by atoms with E-state index < -0.39 is 0 Å². The Bertz CT molecular complexity index is 834. The van der Waals surface area contributed by atoms with Gasteiger partial charge in [0, 0.05) is 23.3 Å². The molecule has 0 aliphatic rings. The number of carbonyl (C=O) groups is 1. The maximum absolute atomic E-state index is 12.5. The summed E-state index contributed by atoms with van der Waals surface area (Å²) in [5, 5.41) is 5.10. The summed E-state index contributed by atoms with van der Waals surface area (Å²) in [6, 6.07) is 13.1. The molecule has 3 rings (SSSR count). The summed E-state index contributed by atoms with van der Waals surface area (Å²) < 4.78 is 1.05. The summed E-state index contributed by atoms with van der Waals surface area (Å²) in [5.41, 5.74) is 0.840. The highest BCUT2D eigenvalue weighted by Gasteiger charge is 2.20. The van der Waals surface area contributed by atoms with E-state index in [1.54, 1.807) is 18.1 Å². The molecule has 1 N–H and O–H groups in total. The number of nitrogens with zero attached hydrogens (tertiary/aromatic N) is 2. The molecule has 1 atom stereocenters. The minimum atomic E-state index is -0.211. The number of carbonyl (C=O) groups excluding carboxylic acids is 1. The molecule has 0 bridgehead atoms. The predicted molar refractivity (Wildman–Crippen MR) is 96.3 cm³/mol. The molecule has 0 aliphatic heterocycles. The first-order valence-corrected chi connectivity index (χ1v) is 8.39. The number of aromatic nitrogens is 1. The average Bonchev–Trinajstić information content (AvgIpc) is 2.90. The van der Waals surface area contributed by atoms with Gasteiger partial charge in [0.2, 0.25) is 0 Å². The van der Waals surface area contributed by atoms with Gasteiger partial charge < -0.3 is 4.90 Å². The Morgan fingerprint density at radius 1 is 1.26 bits per heavy atom. The van der Waals surface area contributed by atoms with Crippen LogP contribution in [0.3, 0.4) is 0 Å². The lowest BCUT2D eigenvalue weighted by Crippen LogP contribution is -2.33. The van der Waals surface area contributed by atoms with Gasteiger partial charge in [-0.05, 0) is 25.1 Å². The van der Waals surface area contributed by atoms with Gasteiger partial charge in [-0.3, -0.25) is 10.3 Å². The maximum Gasteiger partial charge on any atom is 0.322 e. The quantitative estimate of drug-likeness (QED) is 0.711. The van der Waals surface area contributed by atoms with Crippen LogP contribution < -0.4 is 5.32 Å². The minimum absolute atomic E-state index is 0.135. The maximum atomic E-state index is 12.5. The highest BCUT2D eigenvalue weighted by Crippen LogP contribution is 2.39. The van der Waals surface area contributed by atoms with Gasteiger partial charge in [-0.1, -0.05) is 35.9 Å². The van der Waals surface area contributed by atoms with E-state index in [0.29, 0.717) is 10.0 Å². The van der Waals surface area contributed by atoms with E-state index in [2.05, 4.69) is 10.3 Å². The van der Waals surface area contributed by atoms with E-state index in [4.69, 9.17) is 11.6 Å². The van der Waals surface area contributed by atoms with Gasteiger partial charge in [-0.2, -0.15) is 0 Å². The molecule has 0 spiro atoms. The Hall–Kier alpha value is -2.11. The number of hydrogen-bond acceptors (Lipinski definition) is 3. The summed E-state index contributed by atoms with van der Waals surface area (Å²) in [6.45, 7) is 1.94. The fourth-order valence-corrected chi connectivity index (χ4v) is 3.65. The zero-order valence-corrected chi connectivity index (χ0v) is 14.4. The standard InChI is InChI=1S/C17H16ClN3OS/c1-11(13-8-5-6-10-19-13)21(2)17(22)20-16-15(18)12-7-3-4-9-14(12)23-16/h3-11H,1-2H3,(H,20,22)/t11-/m1/s1. The van der Waals surface area contributed by atoms with E-state index in [-0.39, 0.29) is 12.1 Å². The zero-order chi connectivity index (χ0) is 16.4. The summed E-state index contributed by atoms with van der Waals surface area (Å²) >= 11 is 7.84. The largest absolute Gasteiger partial charge is 0.322 e. The van der Waals surface area contributed by atoms with Crippen LogP contribution >= 0.6 is 22.9 Å². The second kappa shape index (κ2) is 6.56. The highest BCUT2D eigenvalue weighted by molar-refractivity contribution is 7.23. The molecule has 0 saturated heterocycles. The fraction of sp³-hybridized carbons (Fsp3) is 0.176. The van der Waals surface area contributed by atoms with Crippen molar-refractivity contribution in [2.24, 2.45) is 0 Å². The topological polar surface area (TPSA) is 45.2 Å². The molecule has 0 saturated carbocycles. The van der Waals surface area contributed by atoms with Crippen LogP contribution in [-0.2, 0) is 0 Å². The molecule has 1 aromatic carbocycles. The van der Waals surface area contributed by atoms with Crippen molar-refractivity contribution in [1.29, 1.82) is 0 Å². The van der Waals surface area contributed by atoms with Crippen molar-refractivity contribution >= 4 is 44.1 Å². The third-order valence-corrected chi connectivity index (χ3v) is 5.36. The number of pyridine rings is 1. The first-order valence-electron chi connectivity index (χ1n) is 7.19. The number of anilines is 1. The van der Waals surface area contributed by atoms with E-state index in [0.717, 1.165) is 15.8 Å². The third kappa shape index (κ3) is 3.16. The van der Waals surface area contributed by atoms with E-state index in [1.807, 2.05) is 49.4 Å². The number of fused-ring (bicyclic) bond motifs is 1. The Morgan fingerprint density at radius 2 is 2.00 bits per heavy atom. The smallest absolute Gasteiger partial charge is 0.319 e. The molecule has 0 unspecified atom stereocenters. The first-order chi connectivity index (χ1) is 11.1. The van der Waals surface area contributed by atoms with E-state index >= 15 is 0 Å². The third-order valence-electron chi connectivity index (χ3n) is 3.77. The number of hydrogen-bond donors (Lipinski definition) is 1. The van der Waals surface area contributed by atoms with Crippen LogP contribution in [0, 0.1) is 0 Å². The fourth-order valence-electron chi connectivity index (χ4n) is 2.28. The Labute approximate surface area is 143 Å². The van der Waals surface area contributed by atoms with E-state index in [9.17, 15) is 4.79 Å². The molecule has 23 heavy (non-hydrogen) atoms. The van der Waals surface area contributed by atoms with Crippen LogP contribution in [0.5, 0.6) is 0 Å². The van der Waals surface area contributed by atoms with Crippen LogP contribution in [0.4, 0.5) is 9.80 Å². The summed E-state index contributed by atoms with van der Waals surface area (Å²) in [5.74, 6) is 0. The molecule has 4 nitrogen and oxygen atoms in total. The normalized spacial score (nSPS) is 12.1. The lowest BCUT2D eigenvalue weighted by molar-refractivity contribution is 0.207. The van der Waals surface area contributed by atoms with Gasteiger partial charge in [-0.15, -0.1) is 11.3 Å². The van der Waals surface area contributed by atoms with Gasteiger partial charge in [0.05, 0.1) is 16.8 Å². The number of nitrogens with one attached hydrogen (secondary N) is 1. The number of amides is 2. The van der Waals surface area contributed by atoms with Crippen molar-refractivity contribution in [2.45, 2.75) is 13.0 Å². The second-order valence-corrected chi connectivity index (χ2v) is 6.64. The minimum Gasteiger partial charge on any atom is -0.319 e. The average molecular weight is 346 g/mol. The predicted octanol–water partition coefficient (Wildman–Crippen LogP) is 5.17. The lowest BCUT2D eigenvalue weighted by atomic mass is 10.2. The Kier molecular flexibility index (Phi) is 4.50. The lowest BCUT2D eigenvalue weighted by Gasteiger charge is -2.24. The van der Waals surface area contributed by atoms with Crippen LogP contribution in [0.15, 0.2) is 48.7 Å². The molecule has 6 heteroatoms. The Morgan fingerprint density at radius 3 is 2.70 bits per heavy atom. The highest BCUT2D eigenvalue weighted by atomic mass is 35.5. The molecule has 118 valence electrons. The molecule has 0 fully saturated rings. The molecule has 2 heterocycles. The van der Waals surface area contributed by atoms with Crippen LogP contribution in [0.2, 0.25) is 5.02 Å². The SMILES string of the molecule is C[C@H](c1ccccn1)N(C)C(=O)Nc1sc2ccccc2c1Cl. The molecular weight excluding hydrogens is 330 g/mol. The monoisotopic (exact) mass is 345 g/mol. The van der Waals surface area contributed by atoms with Crippen molar-refractivity contribution in [3.8, 4) is 0 Å². The molecule has 2 aromatic heterocycles. The molecule has 3 aromatic rings. The number of rotatable bonds is 3. The van der Waals surface area contributed by atoms with Crippen molar-refractivity contribution in [1.82, 2.24) is 9.88 Å². The van der Waals surface area contributed by atoms with Crippen LogP contribution in [-0.4, -0.2) is 23.0 Å². The number of urea groups is 1. The molecule has 2 amide bonds. The van der Waals surface area contributed by atoms with Crippen LogP contribution in [0.25, 0.3) is 10.1 Å². The number of thiophene rings is 1. The first kappa shape index (κ1) is 15.8. The van der Waals surface area contributed by atoms with Crippen molar-refractivity contribution in [2.75, 3.05) is 12.4 Å². The number of halogens is 1. The van der Waals surface area contributed by atoms with Gasteiger partial charge >= 0.3 is 6.03 Å². The molecular formula is C17H16ClN3OS. The van der Waals surface area contributed by atoms with Gasteiger partial charge in [0.1, 0.15) is 5.00 Å². The Balaban J connectivity index is 1.79. The molecule has 0 aliphatic carbocycles. The van der Waals surface area contributed by atoms with E-state index in [1.165, 1.54) is 11.3 Å². The second-order valence-electron chi connectivity index (χ2n) is 5.21. The zero-order valence-electron chi connectivity index (χ0n) is 12.8. The van der Waals surface area contributed by atoms with Gasteiger partial charge in [-0.25, -0.2) is 4.79 Å². The van der Waals surface area contributed by atoms with Crippen LogP contribution in [0.1, 0.15) is 18.7 Å². The van der Waals surface area contributed by atoms with Crippen molar-refractivity contribution in [3.05, 3.63) is 59.4 Å². The summed E-state index contributed by atoms with van der Waals surface area (Å²) in [6.07, 6.45) is 1.72. The van der Waals surface area contributed by atoms with Gasteiger partial charge in [0.15, 0.2) is 0 Å². The van der Waals surface area contributed by atoms with Crippen molar-refractivity contribution < 1.29 is 4.79 Å². The summed E-state index contributed by atoms with van der Waals surface area (Å²) in [4.78, 5) is 18.4. The van der Waals surface area contributed by atoms with Gasteiger partial charge in [0.25, 0.3) is 0 Å². The summed E-state index contributed by atoms with van der Waals surface area (Å²) in [7, 11) is 1.75.